The molecule has 4 nitrogen and oxygen atoms in total. The lowest BCUT2D eigenvalue weighted by atomic mass is 9.98. The van der Waals surface area contributed by atoms with Crippen molar-refractivity contribution in [3.63, 3.8) is 0 Å². The van der Waals surface area contributed by atoms with Gasteiger partial charge in [0.1, 0.15) is 0 Å². The molecule has 0 radical (unpaired) electrons. The van der Waals surface area contributed by atoms with Crippen molar-refractivity contribution in [3.05, 3.63) is 45.7 Å². The lowest BCUT2D eigenvalue weighted by Crippen LogP contribution is -2.40. The Morgan fingerprint density at radius 3 is 2.92 bits per heavy atom. The van der Waals surface area contributed by atoms with E-state index < -0.39 is 0 Å². The van der Waals surface area contributed by atoms with E-state index >= 15 is 0 Å². The Kier molecular flexibility index (Phi) is 5.29. The Morgan fingerprint density at radius 1 is 1.42 bits per heavy atom. The van der Waals surface area contributed by atoms with Crippen molar-refractivity contribution in [3.8, 4) is 0 Å². The van der Waals surface area contributed by atoms with Crippen LogP contribution in [0.3, 0.4) is 0 Å². The summed E-state index contributed by atoms with van der Waals surface area (Å²) < 4.78 is 0. The van der Waals surface area contributed by atoms with Crippen molar-refractivity contribution in [2.75, 3.05) is 13.1 Å². The smallest absolute Gasteiger partial charge is 0.227 e. The minimum Gasteiger partial charge on any atom is -0.342 e. The fourth-order valence-corrected chi connectivity index (χ4v) is 4.16. The zero-order valence-electron chi connectivity index (χ0n) is 14.7. The molecule has 0 N–H and O–H groups in total. The normalized spacial score (nSPS) is 18.2. The molecule has 1 fully saturated rings. The average molecular weight is 343 g/mol. The van der Waals surface area contributed by atoms with Crippen LogP contribution in [-0.2, 0) is 11.2 Å². The molecule has 24 heavy (non-hydrogen) atoms. The lowest BCUT2D eigenvalue weighted by Gasteiger charge is -2.32. The Morgan fingerprint density at radius 2 is 2.25 bits per heavy atom. The summed E-state index contributed by atoms with van der Waals surface area (Å²) in [5.41, 5.74) is 3.14. The van der Waals surface area contributed by atoms with E-state index in [0.717, 1.165) is 37.2 Å². The molecule has 3 rings (SSSR count). The monoisotopic (exact) mass is 343 g/mol. The van der Waals surface area contributed by atoms with Crippen molar-refractivity contribution < 1.29 is 4.79 Å². The van der Waals surface area contributed by atoms with Crippen molar-refractivity contribution in [1.82, 2.24) is 14.9 Å². The third-order valence-electron chi connectivity index (χ3n) is 4.58. The highest BCUT2D eigenvalue weighted by Crippen LogP contribution is 2.31. The second-order valence-electron chi connectivity index (χ2n) is 6.93. The van der Waals surface area contributed by atoms with E-state index in [1.54, 1.807) is 11.3 Å². The highest BCUT2D eigenvalue weighted by molar-refractivity contribution is 7.09. The maximum absolute atomic E-state index is 12.6. The third-order valence-corrected chi connectivity index (χ3v) is 5.61. The van der Waals surface area contributed by atoms with Crippen LogP contribution in [0.2, 0.25) is 0 Å². The van der Waals surface area contributed by atoms with Crippen molar-refractivity contribution >= 4 is 17.2 Å². The molecule has 1 amide bonds. The summed E-state index contributed by atoms with van der Waals surface area (Å²) in [6.07, 6.45) is 4.43. The molecular formula is C19H25N3OS. The number of likely N-dealkylation sites (tertiary alicyclic amines) is 1. The van der Waals surface area contributed by atoms with E-state index in [2.05, 4.69) is 24.2 Å². The Hall–Kier alpha value is -1.75. The number of hydrogen-bond donors (Lipinski definition) is 0. The SMILES string of the molecule is Cc1ccc(CC(=O)N2CCCC(c3nc(C(C)C)cs3)C2)cn1. The van der Waals surface area contributed by atoms with Crippen LogP contribution in [0.25, 0.3) is 0 Å². The number of pyridine rings is 1. The zero-order valence-corrected chi connectivity index (χ0v) is 15.5. The van der Waals surface area contributed by atoms with Crippen LogP contribution in [0, 0.1) is 6.92 Å². The largest absolute Gasteiger partial charge is 0.342 e. The van der Waals surface area contributed by atoms with Gasteiger partial charge in [-0.2, -0.15) is 0 Å². The number of carbonyl (C=O) groups is 1. The molecule has 0 bridgehead atoms. The topological polar surface area (TPSA) is 46.1 Å². The minimum atomic E-state index is 0.200. The number of hydrogen-bond acceptors (Lipinski definition) is 4. The maximum Gasteiger partial charge on any atom is 0.227 e. The molecule has 1 saturated heterocycles. The average Bonchev–Trinajstić information content (AvgIpc) is 3.07. The van der Waals surface area contributed by atoms with Gasteiger partial charge in [0.05, 0.1) is 17.1 Å². The highest BCUT2D eigenvalue weighted by Gasteiger charge is 2.26. The van der Waals surface area contributed by atoms with Gasteiger partial charge in [-0.3, -0.25) is 9.78 Å². The van der Waals surface area contributed by atoms with Gasteiger partial charge >= 0.3 is 0 Å². The first kappa shape index (κ1) is 17.1. The van der Waals surface area contributed by atoms with Crippen molar-refractivity contribution in [1.29, 1.82) is 0 Å². The maximum atomic E-state index is 12.6. The number of amides is 1. The molecule has 2 aromatic heterocycles. The van der Waals surface area contributed by atoms with Gasteiger partial charge in [-0.05, 0) is 37.3 Å². The predicted molar refractivity (Wildman–Crippen MR) is 97.4 cm³/mol. The van der Waals surface area contributed by atoms with Gasteiger partial charge in [0, 0.05) is 36.3 Å². The number of piperidine rings is 1. The number of carbonyl (C=O) groups excluding carboxylic acids is 1. The Bertz CT molecular complexity index is 693. The highest BCUT2D eigenvalue weighted by atomic mass is 32.1. The van der Waals surface area contributed by atoms with Crippen molar-refractivity contribution in [2.45, 2.75) is 51.9 Å². The van der Waals surface area contributed by atoms with Crippen LogP contribution in [0.1, 0.15) is 60.5 Å². The van der Waals surface area contributed by atoms with Crippen LogP contribution in [0.4, 0.5) is 0 Å². The first-order valence-corrected chi connectivity index (χ1v) is 9.55. The van der Waals surface area contributed by atoms with E-state index in [1.165, 1.54) is 10.7 Å². The Balaban J connectivity index is 1.63. The van der Waals surface area contributed by atoms with Crippen LogP contribution < -0.4 is 0 Å². The predicted octanol–water partition coefficient (Wildman–Crippen LogP) is 3.92. The van der Waals surface area contributed by atoms with Gasteiger partial charge in [-0.1, -0.05) is 19.9 Å². The first-order valence-electron chi connectivity index (χ1n) is 8.67. The van der Waals surface area contributed by atoms with E-state index in [-0.39, 0.29) is 5.91 Å². The summed E-state index contributed by atoms with van der Waals surface area (Å²) in [5.74, 6) is 1.05. The summed E-state index contributed by atoms with van der Waals surface area (Å²) in [7, 11) is 0. The van der Waals surface area contributed by atoms with Gasteiger partial charge in [-0.15, -0.1) is 11.3 Å². The molecule has 0 spiro atoms. The van der Waals surface area contributed by atoms with Gasteiger partial charge in [0.15, 0.2) is 0 Å². The molecule has 0 aliphatic carbocycles. The minimum absolute atomic E-state index is 0.200. The quantitative estimate of drug-likeness (QED) is 0.845. The van der Waals surface area contributed by atoms with E-state index in [0.29, 0.717) is 18.3 Å². The van der Waals surface area contributed by atoms with Gasteiger partial charge in [-0.25, -0.2) is 4.98 Å². The molecular weight excluding hydrogens is 318 g/mol. The van der Waals surface area contributed by atoms with Crippen LogP contribution in [0.5, 0.6) is 0 Å². The van der Waals surface area contributed by atoms with E-state index in [1.807, 2.05) is 30.2 Å². The molecule has 0 aromatic carbocycles. The summed E-state index contributed by atoms with van der Waals surface area (Å²) >= 11 is 1.74. The molecule has 5 heteroatoms. The molecule has 2 aromatic rings. The molecule has 128 valence electrons. The molecule has 1 aliphatic rings. The van der Waals surface area contributed by atoms with E-state index in [4.69, 9.17) is 4.98 Å². The van der Waals surface area contributed by atoms with E-state index in [9.17, 15) is 4.79 Å². The fourth-order valence-electron chi connectivity index (χ4n) is 3.05. The summed E-state index contributed by atoms with van der Waals surface area (Å²) in [5, 5.41) is 3.35. The molecule has 0 saturated carbocycles. The van der Waals surface area contributed by atoms with Crippen LogP contribution in [-0.4, -0.2) is 33.9 Å². The van der Waals surface area contributed by atoms with Gasteiger partial charge in [0.2, 0.25) is 5.91 Å². The number of nitrogens with zero attached hydrogens (tertiary/aromatic N) is 3. The number of aryl methyl sites for hydroxylation is 1. The molecule has 1 unspecified atom stereocenters. The third kappa shape index (κ3) is 4.01. The second kappa shape index (κ2) is 7.43. The summed E-state index contributed by atoms with van der Waals surface area (Å²) in [6, 6.07) is 3.96. The molecule has 1 aliphatic heterocycles. The lowest BCUT2D eigenvalue weighted by molar-refractivity contribution is -0.131. The van der Waals surface area contributed by atoms with Gasteiger partial charge < -0.3 is 4.90 Å². The second-order valence-corrected chi connectivity index (χ2v) is 7.82. The number of aromatic nitrogens is 2. The number of rotatable bonds is 4. The summed E-state index contributed by atoms with van der Waals surface area (Å²) in [4.78, 5) is 23.7. The van der Waals surface area contributed by atoms with Crippen molar-refractivity contribution in [2.24, 2.45) is 0 Å². The molecule has 3 heterocycles. The van der Waals surface area contributed by atoms with Crippen LogP contribution >= 0.6 is 11.3 Å². The van der Waals surface area contributed by atoms with Crippen LogP contribution in [0.15, 0.2) is 23.7 Å². The first-order chi connectivity index (χ1) is 11.5. The zero-order chi connectivity index (χ0) is 17.1. The fraction of sp³-hybridized carbons (Fsp3) is 0.526. The number of thiazole rings is 1. The molecule has 1 atom stereocenters. The summed E-state index contributed by atoms with van der Waals surface area (Å²) in [6.45, 7) is 7.96. The Labute approximate surface area is 147 Å². The standard InChI is InChI=1S/C19H25N3OS/c1-13(2)17-12-24-19(21-17)16-5-4-8-22(11-16)18(23)9-15-7-6-14(3)20-10-15/h6-7,10,12-13,16H,4-5,8-9,11H2,1-3H3. The van der Waals surface area contributed by atoms with Gasteiger partial charge in [0.25, 0.3) is 0 Å².